The Balaban J connectivity index is 1.71. The molecule has 136 valence electrons. The highest BCUT2D eigenvalue weighted by molar-refractivity contribution is 5.98. The van der Waals surface area contributed by atoms with Crippen molar-refractivity contribution in [3.8, 4) is 11.5 Å². The van der Waals surface area contributed by atoms with Crippen LogP contribution >= 0.6 is 0 Å². The van der Waals surface area contributed by atoms with Crippen LogP contribution < -0.4 is 25.4 Å². The largest absolute Gasteiger partial charge is 0.454 e. The van der Waals surface area contributed by atoms with Crippen LogP contribution in [0.5, 0.6) is 11.5 Å². The Labute approximate surface area is 147 Å². The van der Waals surface area contributed by atoms with Crippen molar-refractivity contribution in [1.82, 2.24) is 16.0 Å². The molecule has 0 bridgehead atoms. The van der Waals surface area contributed by atoms with Crippen LogP contribution in [0.15, 0.2) is 18.2 Å². The van der Waals surface area contributed by atoms with Crippen LogP contribution in [0.1, 0.15) is 36.5 Å². The molecule has 7 nitrogen and oxygen atoms in total. The third-order valence-corrected chi connectivity index (χ3v) is 4.61. The molecular weight excluding hydrogens is 322 g/mol. The van der Waals surface area contributed by atoms with E-state index in [-0.39, 0.29) is 24.5 Å². The van der Waals surface area contributed by atoms with Crippen molar-refractivity contribution in [1.29, 1.82) is 0 Å². The number of rotatable bonds is 6. The molecule has 1 unspecified atom stereocenters. The number of amides is 2. The topological polar surface area (TPSA) is 88.7 Å². The number of fused-ring (bicyclic) bond motifs is 1. The lowest BCUT2D eigenvalue weighted by molar-refractivity contribution is -0.124. The first kappa shape index (κ1) is 17.5. The van der Waals surface area contributed by atoms with Gasteiger partial charge < -0.3 is 25.4 Å². The van der Waals surface area contributed by atoms with E-state index in [2.05, 4.69) is 16.0 Å². The standard InChI is InChI=1S/C18H25N3O4/c1-2-7-20-18(23)16(12-5-8-19-9-6-12)21-17(22)13-3-4-14-15(10-13)25-11-24-14/h3-4,10,12,16,19H,2,5-9,11H2,1H3,(H,20,23)(H,21,22). The summed E-state index contributed by atoms with van der Waals surface area (Å²) in [5.74, 6) is 0.945. The Morgan fingerprint density at radius 1 is 1.24 bits per heavy atom. The van der Waals surface area contributed by atoms with Crippen molar-refractivity contribution >= 4 is 11.8 Å². The summed E-state index contributed by atoms with van der Waals surface area (Å²) in [4.78, 5) is 25.2. The lowest BCUT2D eigenvalue weighted by Gasteiger charge is -2.30. The molecule has 3 N–H and O–H groups in total. The third-order valence-electron chi connectivity index (χ3n) is 4.61. The number of benzene rings is 1. The monoisotopic (exact) mass is 347 g/mol. The molecule has 1 saturated heterocycles. The smallest absolute Gasteiger partial charge is 0.252 e. The average Bonchev–Trinajstić information content (AvgIpc) is 3.12. The van der Waals surface area contributed by atoms with E-state index in [0.717, 1.165) is 32.4 Å². The molecule has 1 aromatic rings. The number of carbonyl (C=O) groups is 2. The molecule has 2 heterocycles. The second-order valence-corrected chi connectivity index (χ2v) is 6.40. The van der Waals surface area contributed by atoms with Crippen molar-refractivity contribution in [2.75, 3.05) is 26.4 Å². The summed E-state index contributed by atoms with van der Waals surface area (Å²) in [5.41, 5.74) is 0.464. The summed E-state index contributed by atoms with van der Waals surface area (Å²) in [7, 11) is 0. The van der Waals surface area contributed by atoms with E-state index in [9.17, 15) is 9.59 Å². The highest BCUT2D eigenvalue weighted by Gasteiger charge is 2.31. The minimum Gasteiger partial charge on any atom is -0.454 e. The average molecular weight is 347 g/mol. The first-order valence-electron chi connectivity index (χ1n) is 8.88. The Morgan fingerprint density at radius 2 is 2.00 bits per heavy atom. The predicted molar refractivity (Wildman–Crippen MR) is 92.7 cm³/mol. The quantitative estimate of drug-likeness (QED) is 0.716. The number of carbonyl (C=O) groups excluding carboxylic acids is 2. The number of nitrogens with one attached hydrogen (secondary N) is 3. The molecule has 2 aliphatic heterocycles. The van der Waals surface area contributed by atoms with Gasteiger partial charge in [0.25, 0.3) is 5.91 Å². The van der Waals surface area contributed by atoms with Crippen molar-refractivity contribution in [3.05, 3.63) is 23.8 Å². The van der Waals surface area contributed by atoms with Gasteiger partial charge in [-0.2, -0.15) is 0 Å². The molecule has 25 heavy (non-hydrogen) atoms. The molecule has 1 aromatic carbocycles. The van der Waals surface area contributed by atoms with Gasteiger partial charge in [-0.3, -0.25) is 9.59 Å². The molecule has 0 radical (unpaired) electrons. The molecule has 0 aliphatic carbocycles. The number of ether oxygens (including phenoxy) is 2. The van der Waals surface area contributed by atoms with Gasteiger partial charge in [-0.25, -0.2) is 0 Å². The molecule has 2 amide bonds. The van der Waals surface area contributed by atoms with Crippen LogP contribution in [0.3, 0.4) is 0 Å². The molecule has 3 rings (SSSR count). The normalized spacial score (nSPS) is 17.8. The van der Waals surface area contributed by atoms with Gasteiger partial charge >= 0.3 is 0 Å². The van der Waals surface area contributed by atoms with Crippen molar-refractivity contribution in [2.24, 2.45) is 5.92 Å². The van der Waals surface area contributed by atoms with Crippen LogP contribution in [0, 0.1) is 5.92 Å². The zero-order valence-electron chi connectivity index (χ0n) is 14.5. The first-order chi connectivity index (χ1) is 12.2. The second-order valence-electron chi connectivity index (χ2n) is 6.40. The van der Waals surface area contributed by atoms with Gasteiger partial charge in [0.05, 0.1) is 0 Å². The summed E-state index contributed by atoms with van der Waals surface area (Å²) >= 11 is 0. The van der Waals surface area contributed by atoms with Crippen LogP contribution in [-0.2, 0) is 4.79 Å². The minimum atomic E-state index is -0.522. The van der Waals surface area contributed by atoms with E-state index in [4.69, 9.17) is 9.47 Å². The van der Waals surface area contributed by atoms with Gasteiger partial charge in [-0.15, -0.1) is 0 Å². The molecule has 0 spiro atoms. The highest BCUT2D eigenvalue weighted by atomic mass is 16.7. The molecule has 7 heteroatoms. The Hall–Kier alpha value is -2.28. The van der Waals surface area contributed by atoms with Gasteiger partial charge in [0.2, 0.25) is 12.7 Å². The Bertz CT molecular complexity index is 629. The molecular formula is C18H25N3O4. The van der Waals surface area contributed by atoms with E-state index < -0.39 is 6.04 Å². The molecule has 0 saturated carbocycles. The number of hydrogen-bond acceptors (Lipinski definition) is 5. The fraction of sp³-hybridized carbons (Fsp3) is 0.556. The highest BCUT2D eigenvalue weighted by Crippen LogP contribution is 2.32. The zero-order valence-corrected chi connectivity index (χ0v) is 14.5. The fourth-order valence-electron chi connectivity index (χ4n) is 3.20. The van der Waals surface area contributed by atoms with Gasteiger partial charge in [0, 0.05) is 12.1 Å². The number of piperidine rings is 1. The maximum Gasteiger partial charge on any atom is 0.252 e. The maximum atomic E-state index is 12.7. The Morgan fingerprint density at radius 3 is 2.76 bits per heavy atom. The van der Waals surface area contributed by atoms with Gasteiger partial charge in [-0.1, -0.05) is 6.92 Å². The van der Waals surface area contributed by atoms with Crippen LogP contribution in [0.25, 0.3) is 0 Å². The Kier molecular flexibility index (Phi) is 5.75. The third kappa shape index (κ3) is 4.22. The van der Waals surface area contributed by atoms with Crippen molar-refractivity contribution in [3.63, 3.8) is 0 Å². The van der Waals surface area contributed by atoms with E-state index in [0.29, 0.717) is 23.6 Å². The summed E-state index contributed by atoms with van der Waals surface area (Å²) in [6, 6.07) is 4.54. The fourth-order valence-corrected chi connectivity index (χ4v) is 3.20. The lowest BCUT2D eigenvalue weighted by atomic mass is 9.89. The lowest BCUT2D eigenvalue weighted by Crippen LogP contribution is -2.53. The van der Waals surface area contributed by atoms with Crippen molar-refractivity contribution < 1.29 is 19.1 Å². The van der Waals surface area contributed by atoms with Crippen LogP contribution in [0.2, 0.25) is 0 Å². The zero-order chi connectivity index (χ0) is 17.6. The summed E-state index contributed by atoms with van der Waals surface area (Å²) < 4.78 is 10.6. The molecule has 0 aromatic heterocycles. The minimum absolute atomic E-state index is 0.108. The molecule has 1 atom stereocenters. The number of hydrogen-bond donors (Lipinski definition) is 3. The van der Waals surface area contributed by atoms with E-state index in [1.165, 1.54) is 0 Å². The predicted octanol–water partition coefficient (Wildman–Crippen LogP) is 1.04. The summed E-state index contributed by atoms with van der Waals surface area (Å²) in [6.07, 6.45) is 2.60. The van der Waals surface area contributed by atoms with Gasteiger partial charge in [-0.05, 0) is 56.5 Å². The van der Waals surface area contributed by atoms with E-state index in [1.54, 1.807) is 18.2 Å². The second kappa shape index (κ2) is 8.20. The van der Waals surface area contributed by atoms with Gasteiger partial charge in [0.1, 0.15) is 6.04 Å². The van der Waals surface area contributed by atoms with E-state index in [1.807, 2.05) is 6.92 Å². The van der Waals surface area contributed by atoms with E-state index >= 15 is 0 Å². The molecule has 1 fully saturated rings. The summed E-state index contributed by atoms with van der Waals surface area (Å²) in [6.45, 7) is 4.51. The first-order valence-corrected chi connectivity index (χ1v) is 8.88. The molecule has 2 aliphatic rings. The van der Waals surface area contributed by atoms with Crippen LogP contribution in [-0.4, -0.2) is 44.3 Å². The van der Waals surface area contributed by atoms with Crippen molar-refractivity contribution in [2.45, 2.75) is 32.2 Å². The maximum absolute atomic E-state index is 12.7. The van der Waals surface area contributed by atoms with Crippen LogP contribution in [0.4, 0.5) is 0 Å². The summed E-state index contributed by atoms with van der Waals surface area (Å²) in [5, 5.41) is 9.13. The van der Waals surface area contributed by atoms with Gasteiger partial charge in [0.15, 0.2) is 11.5 Å². The SMILES string of the molecule is CCCNC(=O)C(NC(=O)c1ccc2c(c1)OCO2)C1CCNCC1.